The molecule has 3 unspecified atom stereocenters. The predicted octanol–water partition coefficient (Wildman–Crippen LogP) is 4.35. The van der Waals surface area contributed by atoms with Crippen LogP contribution in [0.5, 0.6) is 11.5 Å². The number of ether oxygens (including phenoxy) is 3. The second-order valence-electron chi connectivity index (χ2n) is 8.66. The number of carboxylic acids is 1. The van der Waals surface area contributed by atoms with E-state index in [-0.39, 0.29) is 30.8 Å². The van der Waals surface area contributed by atoms with Crippen molar-refractivity contribution in [3.8, 4) is 11.5 Å². The highest BCUT2D eigenvalue weighted by Crippen LogP contribution is 2.37. The van der Waals surface area contributed by atoms with Gasteiger partial charge < -0.3 is 25.1 Å². The highest BCUT2D eigenvalue weighted by molar-refractivity contribution is 5.77. The first-order valence-electron chi connectivity index (χ1n) is 12.3. The molecular weight excluding hydrogens is 454 g/mol. The van der Waals surface area contributed by atoms with Crippen LogP contribution in [0.2, 0.25) is 0 Å². The summed E-state index contributed by atoms with van der Waals surface area (Å²) in [5.74, 6) is -3.78. The zero-order valence-electron chi connectivity index (χ0n) is 21.4. The Balaban J connectivity index is 3.41. The maximum atomic E-state index is 12.4. The fourth-order valence-corrected chi connectivity index (χ4v) is 3.57. The molecule has 0 aliphatic carbocycles. The summed E-state index contributed by atoms with van der Waals surface area (Å²) in [7, 11) is 0. The Morgan fingerprint density at radius 1 is 0.886 bits per heavy atom. The lowest BCUT2D eigenvalue weighted by Crippen LogP contribution is -2.42. The van der Waals surface area contributed by atoms with Crippen LogP contribution >= 0.6 is 0 Å². The number of rotatable bonds is 15. The number of carbonyl (C=O) groups excluding carboxylic acids is 3. The van der Waals surface area contributed by atoms with Crippen molar-refractivity contribution in [2.45, 2.75) is 97.6 Å². The second kappa shape index (κ2) is 15.1. The van der Waals surface area contributed by atoms with Gasteiger partial charge >= 0.3 is 23.9 Å². The summed E-state index contributed by atoms with van der Waals surface area (Å²) in [4.78, 5) is 48.2. The molecule has 9 heteroatoms. The van der Waals surface area contributed by atoms with Gasteiger partial charge in [0, 0.05) is 31.1 Å². The van der Waals surface area contributed by atoms with Crippen molar-refractivity contribution in [3.05, 3.63) is 23.8 Å². The summed E-state index contributed by atoms with van der Waals surface area (Å²) < 4.78 is 16.4. The predicted molar refractivity (Wildman–Crippen MR) is 130 cm³/mol. The van der Waals surface area contributed by atoms with Gasteiger partial charge in [0.15, 0.2) is 11.5 Å². The topological polar surface area (TPSA) is 142 Å². The SMILES string of the molecule is CCCCC(=O)Oc1ccc(C(C(C)C(C)OC(=O)CC)[C@H](N)C(=O)O)cc1OC(=O)CCCC. The number of hydrogen-bond acceptors (Lipinski definition) is 8. The van der Waals surface area contributed by atoms with E-state index in [1.807, 2.05) is 13.8 Å². The Hall–Kier alpha value is -2.94. The Kier molecular flexibility index (Phi) is 13.0. The number of hydrogen-bond donors (Lipinski definition) is 2. The molecule has 9 nitrogen and oxygen atoms in total. The smallest absolute Gasteiger partial charge is 0.321 e. The van der Waals surface area contributed by atoms with E-state index < -0.39 is 47.9 Å². The van der Waals surface area contributed by atoms with Crippen LogP contribution in [0.25, 0.3) is 0 Å². The number of carbonyl (C=O) groups is 4. The summed E-state index contributed by atoms with van der Waals surface area (Å²) in [6.07, 6.45) is 2.87. The maximum absolute atomic E-state index is 12.4. The zero-order chi connectivity index (χ0) is 26.5. The van der Waals surface area contributed by atoms with Crippen molar-refractivity contribution in [3.63, 3.8) is 0 Å². The monoisotopic (exact) mass is 493 g/mol. The Labute approximate surface area is 207 Å². The second-order valence-corrected chi connectivity index (χ2v) is 8.66. The fourth-order valence-electron chi connectivity index (χ4n) is 3.57. The molecular formula is C26H39NO8. The molecule has 0 radical (unpaired) electrons. The van der Waals surface area contributed by atoms with E-state index in [1.54, 1.807) is 26.8 Å². The number of aliphatic carboxylic acids is 1. The molecule has 35 heavy (non-hydrogen) atoms. The van der Waals surface area contributed by atoms with Crippen molar-refractivity contribution in [1.82, 2.24) is 0 Å². The van der Waals surface area contributed by atoms with Crippen molar-refractivity contribution < 1.29 is 38.5 Å². The third-order valence-electron chi connectivity index (χ3n) is 5.85. The van der Waals surface area contributed by atoms with Crippen LogP contribution in [0.1, 0.15) is 91.0 Å². The largest absolute Gasteiger partial charge is 0.480 e. The molecule has 0 aliphatic heterocycles. The molecule has 0 saturated carbocycles. The summed E-state index contributed by atoms with van der Waals surface area (Å²) in [6.45, 7) is 8.98. The molecule has 0 saturated heterocycles. The minimum Gasteiger partial charge on any atom is -0.480 e. The van der Waals surface area contributed by atoms with Gasteiger partial charge in [0.25, 0.3) is 0 Å². The molecule has 1 aromatic rings. The van der Waals surface area contributed by atoms with E-state index in [0.717, 1.165) is 12.8 Å². The average molecular weight is 494 g/mol. The molecule has 196 valence electrons. The van der Waals surface area contributed by atoms with Crippen LogP contribution in [-0.2, 0) is 23.9 Å². The molecule has 1 rings (SSSR count). The Morgan fingerprint density at radius 2 is 1.43 bits per heavy atom. The third-order valence-corrected chi connectivity index (χ3v) is 5.85. The van der Waals surface area contributed by atoms with Crippen molar-refractivity contribution in [2.24, 2.45) is 11.7 Å². The zero-order valence-corrected chi connectivity index (χ0v) is 21.4. The standard InChI is InChI=1S/C26H39NO8/c1-6-9-11-22(29)34-19-14-13-18(15-20(19)35-23(30)12-10-7-2)24(25(27)26(31)32)16(4)17(5)33-21(28)8-3/h13-17,24-25H,6-12,27H2,1-5H3,(H,31,32)/t16?,17?,24?,25-/m0/s1. The summed E-state index contributed by atoms with van der Waals surface area (Å²) in [6, 6.07) is 3.21. The van der Waals surface area contributed by atoms with Crippen LogP contribution in [0, 0.1) is 5.92 Å². The Morgan fingerprint density at radius 3 is 1.91 bits per heavy atom. The van der Waals surface area contributed by atoms with Gasteiger partial charge in [0.05, 0.1) is 0 Å². The lowest BCUT2D eigenvalue weighted by molar-refractivity contribution is -0.151. The van der Waals surface area contributed by atoms with E-state index in [9.17, 15) is 24.3 Å². The van der Waals surface area contributed by atoms with Crippen LogP contribution < -0.4 is 15.2 Å². The van der Waals surface area contributed by atoms with Gasteiger partial charge in [-0.25, -0.2) is 0 Å². The van der Waals surface area contributed by atoms with Crippen LogP contribution in [0.3, 0.4) is 0 Å². The van der Waals surface area contributed by atoms with Crippen molar-refractivity contribution in [2.75, 3.05) is 0 Å². The normalized spacial score (nSPS) is 14.3. The van der Waals surface area contributed by atoms with Crippen LogP contribution in [0.15, 0.2) is 18.2 Å². The van der Waals surface area contributed by atoms with Crippen LogP contribution in [0.4, 0.5) is 0 Å². The van der Waals surface area contributed by atoms with Crippen molar-refractivity contribution in [1.29, 1.82) is 0 Å². The lowest BCUT2D eigenvalue weighted by atomic mass is 9.79. The Bertz CT molecular complexity index is 869. The molecule has 0 fully saturated rings. The fraction of sp³-hybridized carbons (Fsp3) is 0.615. The van der Waals surface area contributed by atoms with Gasteiger partial charge in [0.2, 0.25) is 0 Å². The number of esters is 3. The number of nitrogens with two attached hydrogens (primary N) is 1. The average Bonchev–Trinajstić information content (AvgIpc) is 2.82. The van der Waals surface area contributed by atoms with E-state index in [0.29, 0.717) is 18.4 Å². The molecule has 0 amide bonds. The van der Waals surface area contributed by atoms with Crippen molar-refractivity contribution >= 4 is 23.9 Å². The highest BCUT2D eigenvalue weighted by atomic mass is 16.6. The minimum atomic E-state index is -1.32. The molecule has 0 spiro atoms. The van der Waals surface area contributed by atoms with Gasteiger partial charge in [-0.2, -0.15) is 0 Å². The number of benzene rings is 1. The van der Waals surface area contributed by atoms with Gasteiger partial charge in [-0.15, -0.1) is 0 Å². The highest BCUT2D eigenvalue weighted by Gasteiger charge is 2.35. The molecule has 0 bridgehead atoms. The molecule has 0 heterocycles. The van der Waals surface area contributed by atoms with E-state index in [1.165, 1.54) is 12.1 Å². The van der Waals surface area contributed by atoms with E-state index >= 15 is 0 Å². The maximum Gasteiger partial charge on any atom is 0.321 e. The molecule has 1 aromatic carbocycles. The first kappa shape index (κ1) is 30.1. The number of carboxylic acid groups (broad SMARTS) is 1. The van der Waals surface area contributed by atoms with Gasteiger partial charge in [-0.3, -0.25) is 19.2 Å². The number of unbranched alkanes of at least 4 members (excludes halogenated alkanes) is 2. The molecule has 0 aromatic heterocycles. The molecule has 4 atom stereocenters. The van der Waals surface area contributed by atoms with Gasteiger partial charge in [-0.1, -0.05) is 46.6 Å². The summed E-state index contributed by atoms with van der Waals surface area (Å²) >= 11 is 0. The summed E-state index contributed by atoms with van der Waals surface area (Å²) in [5.41, 5.74) is 6.51. The van der Waals surface area contributed by atoms with E-state index in [4.69, 9.17) is 19.9 Å². The first-order chi connectivity index (χ1) is 16.5. The summed E-state index contributed by atoms with van der Waals surface area (Å²) in [5, 5.41) is 9.65. The first-order valence-corrected chi connectivity index (χ1v) is 12.3. The lowest BCUT2D eigenvalue weighted by Gasteiger charge is -2.31. The van der Waals surface area contributed by atoms with Crippen LogP contribution in [-0.4, -0.2) is 41.1 Å². The van der Waals surface area contributed by atoms with Gasteiger partial charge in [-0.05, 0) is 37.5 Å². The quantitative estimate of drug-likeness (QED) is 0.269. The third kappa shape index (κ3) is 9.68. The molecule has 0 aliphatic rings. The van der Waals surface area contributed by atoms with Gasteiger partial charge in [0.1, 0.15) is 12.1 Å². The minimum absolute atomic E-state index is 0.0152. The van der Waals surface area contributed by atoms with E-state index in [2.05, 4.69) is 0 Å². The molecule has 3 N–H and O–H groups in total.